The molecule has 0 bridgehead atoms. The Bertz CT molecular complexity index is 386. The normalized spacial score (nSPS) is 23.0. The molecule has 1 aromatic rings. The molecule has 2 N–H and O–H groups in total. The van der Waals surface area contributed by atoms with Gasteiger partial charge in [0.15, 0.2) is 0 Å². The van der Waals surface area contributed by atoms with Gasteiger partial charge in [-0.3, -0.25) is 4.79 Å². The third-order valence-corrected chi connectivity index (χ3v) is 4.31. The lowest BCUT2D eigenvalue weighted by molar-refractivity contribution is -0.134. The number of carbonyl (C=O) groups excluding carboxylic acids is 1. The second kappa shape index (κ2) is 4.78. The first-order valence-electron chi connectivity index (χ1n) is 6.07. The highest BCUT2D eigenvalue weighted by Gasteiger charge is 2.39. The van der Waals surface area contributed by atoms with Crippen LogP contribution in [0.25, 0.3) is 0 Å². The van der Waals surface area contributed by atoms with Crippen LogP contribution >= 0.6 is 11.3 Å². The molecule has 17 heavy (non-hydrogen) atoms. The Kier molecular flexibility index (Phi) is 3.54. The maximum atomic E-state index is 12.2. The van der Waals surface area contributed by atoms with Crippen LogP contribution in [0.3, 0.4) is 0 Å². The zero-order chi connectivity index (χ0) is 12.5. The Balaban J connectivity index is 1.92. The molecule has 1 fully saturated rings. The lowest BCUT2D eigenvalue weighted by Crippen LogP contribution is -2.42. The van der Waals surface area contributed by atoms with Gasteiger partial charge in [-0.25, -0.2) is 0 Å². The fraction of sp³-hybridized carbons (Fsp3) is 0.615. The minimum atomic E-state index is -0.0774. The van der Waals surface area contributed by atoms with Crippen LogP contribution in [0, 0.1) is 0 Å². The van der Waals surface area contributed by atoms with Gasteiger partial charge in [0, 0.05) is 29.4 Å². The molecule has 1 aromatic heterocycles. The molecule has 94 valence electrons. The average Bonchev–Trinajstić information content (AvgIpc) is 2.82. The van der Waals surface area contributed by atoms with Gasteiger partial charge in [0.2, 0.25) is 5.91 Å². The molecule has 3 nitrogen and oxygen atoms in total. The van der Waals surface area contributed by atoms with E-state index in [2.05, 4.69) is 25.3 Å². The number of likely N-dealkylation sites (tertiary alicyclic amines) is 1. The highest BCUT2D eigenvalue weighted by atomic mass is 32.1. The van der Waals surface area contributed by atoms with Crippen molar-refractivity contribution < 1.29 is 4.79 Å². The molecular weight excluding hydrogens is 232 g/mol. The van der Waals surface area contributed by atoms with Crippen molar-refractivity contribution in [2.24, 2.45) is 5.73 Å². The van der Waals surface area contributed by atoms with E-state index in [1.807, 2.05) is 11.0 Å². The van der Waals surface area contributed by atoms with Crippen LogP contribution in [0.5, 0.6) is 0 Å². The molecule has 0 spiro atoms. The van der Waals surface area contributed by atoms with Gasteiger partial charge in [-0.15, -0.1) is 11.3 Å². The average molecular weight is 252 g/mol. The summed E-state index contributed by atoms with van der Waals surface area (Å²) in [6.07, 6.45) is 2.34. The maximum absolute atomic E-state index is 12.2. The van der Waals surface area contributed by atoms with Crippen LogP contribution in [-0.4, -0.2) is 28.9 Å². The first kappa shape index (κ1) is 12.6. The van der Waals surface area contributed by atoms with E-state index in [0.29, 0.717) is 13.0 Å². The van der Waals surface area contributed by atoms with Crippen LogP contribution in [0.2, 0.25) is 0 Å². The molecule has 1 aliphatic rings. The highest BCUT2D eigenvalue weighted by Crippen LogP contribution is 2.28. The van der Waals surface area contributed by atoms with Crippen molar-refractivity contribution in [3.05, 3.63) is 22.4 Å². The van der Waals surface area contributed by atoms with Gasteiger partial charge >= 0.3 is 0 Å². The van der Waals surface area contributed by atoms with E-state index in [0.717, 1.165) is 12.8 Å². The van der Waals surface area contributed by atoms with Crippen molar-refractivity contribution in [3.63, 3.8) is 0 Å². The highest BCUT2D eigenvalue weighted by molar-refractivity contribution is 7.09. The summed E-state index contributed by atoms with van der Waals surface area (Å²) in [7, 11) is 0. The third kappa shape index (κ3) is 2.87. The van der Waals surface area contributed by atoms with Gasteiger partial charge in [0.25, 0.3) is 0 Å². The number of carbonyl (C=O) groups is 1. The zero-order valence-electron chi connectivity index (χ0n) is 10.5. The quantitative estimate of drug-likeness (QED) is 0.894. The minimum absolute atomic E-state index is 0.0774. The van der Waals surface area contributed by atoms with Crippen LogP contribution in [0.4, 0.5) is 0 Å². The van der Waals surface area contributed by atoms with Crippen molar-refractivity contribution in [1.82, 2.24) is 4.90 Å². The van der Waals surface area contributed by atoms with Crippen LogP contribution < -0.4 is 5.73 Å². The molecule has 0 saturated carbocycles. The Morgan fingerprint density at radius 1 is 1.65 bits per heavy atom. The van der Waals surface area contributed by atoms with Crippen molar-refractivity contribution in [2.45, 2.75) is 44.7 Å². The number of nitrogens with zero attached hydrogens (tertiary/aromatic N) is 1. The van der Waals surface area contributed by atoms with Gasteiger partial charge in [-0.05, 0) is 38.1 Å². The van der Waals surface area contributed by atoms with Crippen molar-refractivity contribution in [1.29, 1.82) is 0 Å². The molecule has 1 amide bonds. The summed E-state index contributed by atoms with van der Waals surface area (Å²) in [5.41, 5.74) is 5.86. The fourth-order valence-electron chi connectivity index (χ4n) is 2.56. The van der Waals surface area contributed by atoms with Gasteiger partial charge in [0.1, 0.15) is 0 Å². The summed E-state index contributed by atoms with van der Waals surface area (Å²) < 4.78 is 0. The van der Waals surface area contributed by atoms with Crippen LogP contribution in [0.15, 0.2) is 17.5 Å². The second-order valence-corrected chi connectivity index (χ2v) is 6.39. The summed E-state index contributed by atoms with van der Waals surface area (Å²) >= 11 is 1.71. The predicted octanol–water partition coefficient (Wildman–Crippen LogP) is 2.02. The Labute approximate surface area is 107 Å². The number of thiophene rings is 1. The molecule has 1 unspecified atom stereocenters. The summed E-state index contributed by atoms with van der Waals surface area (Å²) in [5.74, 6) is 0.233. The minimum Gasteiger partial charge on any atom is -0.336 e. The fourth-order valence-corrected chi connectivity index (χ4v) is 3.27. The smallest absolute Gasteiger partial charge is 0.223 e. The van der Waals surface area contributed by atoms with E-state index in [9.17, 15) is 4.79 Å². The molecule has 0 aromatic carbocycles. The number of rotatable bonds is 3. The molecule has 4 heteroatoms. The SMILES string of the molecule is CC1(C)CC(N)CN1C(=O)CCc1cccs1. The van der Waals surface area contributed by atoms with E-state index in [4.69, 9.17) is 5.73 Å². The molecule has 0 radical (unpaired) electrons. The maximum Gasteiger partial charge on any atom is 0.223 e. The summed E-state index contributed by atoms with van der Waals surface area (Å²) in [6.45, 7) is 4.90. The third-order valence-electron chi connectivity index (χ3n) is 3.38. The van der Waals surface area contributed by atoms with Crippen molar-refractivity contribution >= 4 is 17.2 Å². The molecule has 0 aliphatic carbocycles. The van der Waals surface area contributed by atoms with Crippen molar-refractivity contribution in [3.8, 4) is 0 Å². The van der Waals surface area contributed by atoms with E-state index >= 15 is 0 Å². The molecule has 2 rings (SSSR count). The molecule has 1 atom stereocenters. The Hall–Kier alpha value is -0.870. The predicted molar refractivity (Wildman–Crippen MR) is 71.0 cm³/mol. The van der Waals surface area contributed by atoms with E-state index in [1.165, 1.54) is 4.88 Å². The number of hydrogen-bond donors (Lipinski definition) is 1. The van der Waals surface area contributed by atoms with Crippen LogP contribution in [0.1, 0.15) is 31.6 Å². The van der Waals surface area contributed by atoms with Gasteiger partial charge < -0.3 is 10.6 Å². The largest absolute Gasteiger partial charge is 0.336 e. The van der Waals surface area contributed by atoms with E-state index in [-0.39, 0.29) is 17.5 Å². The summed E-state index contributed by atoms with van der Waals surface area (Å²) in [5, 5.41) is 2.05. The van der Waals surface area contributed by atoms with E-state index < -0.39 is 0 Å². The molecule has 1 aliphatic heterocycles. The second-order valence-electron chi connectivity index (χ2n) is 5.36. The van der Waals surface area contributed by atoms with Gasteiger partial charge in [0.05, 0.1) is 0 Å². The molecular formula is C13H20N2OS. The summed E-state index contributed by atoms with van der Waals surface area (Å²) in [4.78, 5) is 15.4. The number of amides is 1. The van der Waals surface area contributed by atoms with Crippen LogP contribution in [-0.2, 0) is 11.2 Å². The Morgan fingerprint density at radius 3 is 2.94 bits per heavy atom. The van der Waals surface area contributed by atoms with Crippen molar-refractivity contribution in [2.75, 3.05) is 6.54 Å². The van der Waals surface area contributed by atoms with E-state index in [1.54, 1.807) is 11.3 Å². The standard InChI is InChI=1S/C13H20N2OS/c1-13(2)8-10(14)9-15(13)12(16)6-5-11-4-3-7-17-11/h3-4,7,10H,5-6,8-9,14H2,1-2H3. The lowest BCUT2D eigenvalue weighted by atomic mass is 10.0. The summed E-state index contributed by atoms with van der Waals surface area (Å²) in [6, 6.07) is 4.25. The number of hydrogen-bond acceptors (Lipinski definition) is 3. The first-order valence-corrected chi connectivity index (χ1v) is 6.95. The lowest BCUT2D eigenvalue weighted by Gasteiger charge is -2.31. The van der Waals surface area contributed by atoms with Gasteiger partial charge in [-0.1, -0.05) is 6.07 Å². The first-order chi connectivity index (χ1) is 7.99. The zero-order valence-corrected chi connectivity index (χ0v) is 11.3. The molecule has 1 saturated heterocycles. The van der Waals surface area contributed by atoms with Gasteiger partial charge in [-0.2, -0.15) is 0 Å². The topological polar surface area (TPSA) is 46.3 Å². The molecule has 2 heterocycles. The Morgan fingerprint density at radius 2 is 2.41 bits per heavy atom. The number of nitrogens with two attached hydrogens (primary N) is 1. The number of aryl methyl sites for hydroxylation is 1. The monoisotopic (exact) mass is 252 g/mol.